The zero-order valence-corrected chi connectivity index (χ0v) is 27.1. The monoisotopic (exact) mass is 657 g/mol. The van der Waals surface area contributed by atoms with E-state index >= 15 is 0 Å². The van der Waals surface area contributed by atoms with E-state index in [9.17, 15) is 19.5 Å². The Morgan fingerprint density at radius 2 is 1.79 bits per heavy atom. The number of para-hydroxylation sites is 1. The van der Waals surface area contributed by atoms with Gasteiger partial charge in [0, 0.05) is 21.5 Å². The summed E-state index contributed by atoms with van der Waals surface area (Å²) in [6.45, 7) is 10.2. The molecule has 3 amide bonds. The molecule has 226 valence electrons. The van der Waals surface area contributed by atoms with Crippen LogP contribution in [0.2, 0.25) is 0 Å². The van der Waals surface area contributed by atoms with Gasteiger partial charge in [0.2, 0.25) is 17.7 Å². The molecule has 8 nitrogen and oxygen atoms in total. The van der Waals surface area contributed by atoms with Gasteiger partial charge >= 0.3 is 0 Å². The molecule has 3 unspecified atom stereocenters. The number of nitrogens with zero attached hydrogens (tertiary/aromatic N) is 1. The van der Waals surface area contributed by atoms with Crippen LogP contribution in [0, 0.1) is 31.6 Å². The first kappa shape index (κ1) is 30.9. The number of carbonyl (C=O) groups is 3. The summed E-state index contributed by atoms with van der Waals surface area (Å²) < 4.78 is 4.72. The van der Waals surface area contributed by atoms with E-state index in [0.29, 0.717) is 30.9 Å². The van der Waals surface area contributed by atoms with Gasteiger partial charge in [-0.3, -0.25) is 14.4 Å². The second-order valence-electron chi connectivity index (χ2n) is 12.1. The number of thioether (sulfide) groups is 1. The Kier molecular flexibility index (Phi) is 8.98. The Morgan fingerprint density at radius 1 is 1.12 bits per heavy atom. The Labute approximate surface area is 260 Å². The van der Waals surface area contributed by atoms with Crippen LogP contribution < -0.4 is 15.4 Å². The van der Waals surface area contributed by atoms with Crippen LogP contribution in [0.15, 0.2) is 42.5 Å². The standard InChI is InChI=1S/C32H40BrN3O5S/c1-6-41-22-12-10-20(11-13-22)34-29(38)24-25-31(40)36(21(16-37)14-17(2)3)28(32(25)15-23(33)27(24)42-32)30(39)35-26-18(4)8-7-9-19(26)5/h7-13,17,21,23-25,27-28,37H,6,14-16H2,1-5H3,(H,34,38)(H,35,39)/t21-,23?,24-,25+,27-,28?,32?/m1/s1. The van der Waals surface area contributed by atoms with Gasteiger partial charge in [-0.25, -0.2) is 0 Å². The highest BCUT2D eigenvalue weighted by atomic mass is 79.9. The van der Waals surface area contributed by atoms with Crippen LogP contribution in [0.4, 0.5) is 11.4 Å². The number of aliphatic hydroxyl groups excluding tert-OH is 1. The smallest absolute Gasteiger partial charge is 0.248 e. The molecule has 42 heavy (non-hydrogen) atoms. The van der Waals surface area contributed by atoms with E-state index in [0.717, 1.165) is 16.8 Å². The number of likely N-dealkylation sites (tertiary alicyclic amines) is 1. The molecule has 2 bridgehead atoms. The van der Waals surface area contributed by atoms with Crippen molar-refractivity contribution in [3.63, 3.8) is 0 Å². The molecule has 1 spiro atoms. The van der Waals surface area contributed by atoms with Crippen LogP contribution in [-0.2, 0) is 14.4 Å². The number of hydrogen-bond acceptors (Lipinski definition) is 6. The van der Waals surface area contributed by atoms with Crippen molar-refractivity contribution >= 4 is 56.8 Å². The summed E-state index contributed by atoms with van der Waals surface area (Å²) >= 11 is 5.41. The predicted molar refractivity (Wildman–Crippen MR) is 170 cm³/mol. The van der Waals surface area contributed by atoms with E-state index in [1.54, 1.807) is 40.9 Å². The van der Waals surface area contributed by atoms with Crippen LogP contribution >= 0.6 is 27.7 Å². The van der Waals surface area contributed by atoms with Gasteiger partial charge in [0.25, 0.3) is 0 Å². The predicted octanol–water partition coefficient (Wildman–Crippen LogP) is 5.15. The lowest BCUT2D eigenvalue weighted by atomic mass is 9.70. The van der Waals surface area contributed by atoms with Gasteiger partial charge in [0.05, 0.1) is 35.8 Å². The molecule has 3 aliphatic heterocycles. The van der Waals surface area contributed by atoms with Crippen molar-refractivity contribution in [1.82, 2.24) is 4.90 Å². The summed E-state index contributed by atoms with van der Waals surface area (Å²) in [6.07, 6.45) is 1.12. The Morgan fingerprint density at radius 3 is 2.38 bits per heavy atom. The summed E-state index contributed by atoms with van der Waals surface area (Å²) in [5, 5.41) is 16.5. The van der Waals surface area contributed by atoms with Crippen molar-refractivity contribution in [3.8, 4) is 5.75 Å². The fourth-order valence-electron chi connectivity index (χ4n) is 7.11. The average molecular weight is 659 g/mol. The van der Waals surface area contributed by atoms with E-state index in [4.69, 9.17) is 4.74 Å². The van der Waals surface area contributed by atoms with Crippen molar-refractivity contribution in [3.05, 3.63) is 53.6 Å². The first-order valence-corrected chi connectivity index (χ1v) is 16.5. The first-order valence-electron chi connectivity index (χ1n) is 14.7. The fourth-order valence-corrected chi connectivity index (χ4v) is 10.7. The highest BCUT2D eigenvalue weighted by Crippen LogP contribution is 2.68. The van der Waals surface area contributed by atoms with Crippen molar-refractivity contribution in [2.24, 2.45) is 17.8 Å². The molecule has 0 radical (unpaired) electrons. The summed E-state index contributed by atoms with van der Waals surface area (Å²) in [7, 11) is 0. The number of benzene rings is 2. The zero-order chi connectivity index (χ0) is 30.3. The molecule has 5 rings (SSSR count). The van der Waals surface area contributed by atoms with Gasteiger partial charge < -0.3 is 25.4 Å². The Bertz CT molecular complexity index is 1330. The fraction of sp³-hybridized carbons (Fsp3) is 0.531. The lowest BCUT2D eigenvalue weighted by Crippen LogP contribution is -2.55. The van der Waals surface area contributed by atoms with Gasteiger partial charge in [-0.15, -0.1) is 11.8 Å². The molecule has 2 aromatic rings. The van der Waals surface area contributed by atoms with Crippen LogP contribution in [0.5, 0.6) is 5.75 Å². The summed E-state index contributed by atoms with van der Waals surface area (Å²) in [4.78, 5) is 44.3. The zero-order valence-electron chi connectivity index (χ0n) is 24.7. The third-order valence-corrected chi connectivity index (χ3v) is 12.0. The van der Waals surface area contributed by atoms with Gasteiger partial charge in [-0.05, 0) is 74.9 Å². The van der Waals surface area contributed by atoms with E-state index in [1.807, 2.05) is 52.8 Å². The highest BCUT2D eigenvalue weighted by molar-refractivity contribution is 9.09. The lowest BCUT2D eigenvalue weighted by molar-refractivity contribution is -0.141. The first-order chi connectivity index (χ1) is 20.0. The van der Waals surface area contributed by atoms with Crippen LogP contribution in [0.25, 0.3) is 0 Å². The molecule has 3 saturated heterocycles. The normalized spacial score (nSPS) is 28.6. The summed E-state index contributed by atoms with van der Waals surface area (Å²) in [5.41, 5.74) is 3.22. The molecule has 3 fully saturated rings. The van der Waals surface area contributed by atoms with E-state index in [-0.39, 0.29) is 40.3 Å². The molecular weight excluding hydrogens is 618 g/mol. The van der Waals surface area contributed by atoms with Gasteiger partial charge in [0.15, 0.2) is 0 Å². The number of aryl methyl sites for hydroxylation is 2. The van der Waals surface area contributed by atoms with E-state index in [2.05, 4.69) is 26.6 Å². The number of nitrogens with one attached hydrogen (secondary N) is 2. The molecule has 3 aliphatic rings. The van der Waals surface area contributed by atoms with Crippen molar-refractivity contribution in [2.75, 3.05) is 23.8 Å². The number of carbonyl (C=O) groups excluding carboxylic acids is 3. The number of ether oxygens (including phenoxy) is 1. The number of rotatable bonds is 10. The highest BCUT2D eigenvalue weighted by Gasteiger charge is 2.76. The third-order valence-electron chi connectivity index (χ3n) is 8.79. The van der Waals surface area contributed by atoms with Gasteiger partial charge in [-0.2, -0.15) is 0 Å². The van der Waals surface area contributed by atoms with E-state index in [1.165, 1.54) is 0 Å². The van der Waals surface area contributed by atoms with Crippen LogP contribution in [0.3, 0.4) is 0 Å². The number of alkyl halides is 1. The quantitative estimate of drug-likeness (QED) is 0.305. The summed E-state index contributed by atoms with van der Waals surface area (Å²) in [5.74, 6) is -1.14. The molecule has 0 saturated carbocycles. The number of aliphatic hydroxyl groups is 1. The maximum atomic E-state index is 14.5. The Balaban J connectivity index is 1.52. The number of halogens is 1. The SMILES string of the molecule is CCOc1ccc(NC(=O)[C@H]2[C@@H]3SC4(CC3Br)C(C(=O)Nc3c(C)cccc3C)N([C@@H](CO)CC(C)C)C(=O)[C@H]24)cc1. The average Bonchev–Trinajstić information content (AvgIpc) is 3.54. The largest absolute Gasteiger partial charge is 0.494 e. The molecule has 3 heterocycles. The number of hydrogen-bond donors (Lipinski definition) is 3. The molecule has 2 aromatic carbocycles. The molecular formula is C32H40BrN3O5S. The second-order valence-corrected chi connectivity index (χ2v) is 14.8. The minimum atomic E-state index is -0.830. The molecule has 3 N–H and O–H groups in total. The third kappa shape index (κ3) is 5.35. The van der Waals surface area contributed by atoms with E-state index < -0.39 is 28.7 Å². The maximum absolute atomic E-state index is 14.5. The minimum absolute atomic E-state index is 0.0456. The minimum Gasteiger partial charge on any atom is -0.494 e. The Hall–Kier alpha value is -2.56. The maximum Gasteiger partial charge on any atom is 0.248 e. The molecule has 7 atom stereocenters. The van der Waals surface area contributed by atoms with Gasteiger partial charge in [-0.1, -0.05) is 48.0 Å². The lowest BCUT2D eigenvalue weighted by Gasteiger charge is -2.38. The number of fused-ring (bicyclic) bond motifs is 1. The van der Waals surface area contributed by atoms with Crippen LogP contribution in [-0.4, -0.2) is 67.8 Å². The van der Waals surface area contributed by atoms with Crippen LogP contribution in [0.1, 0.15) is 44.7 Å². The number of anilines is 2. The summed E-state index contributed by atoms with van der Waals surface area (Å²) in [6, 6.07) is 11.7. The second kappa shape index (κ2) is 12.2. The topological polar surface area (TPSA) is 108 Å². The van der Waals surface area contributed by atoms with Crippen molar-refractivity contribution in [2.45, 2.75) is 74.4 Å². The van der Waals surface area contributed by atoms with Gasteiger partial charge in [0.1, 0.15) is 11.8 Å². The van der Waals surface area contributed by atoms with Crippen molar-refractivity contribution in [1.29, 1.82) is 0 Å². The number of amides is 3. The van der Waals surface area contributed by atoms with Crippen molar-refractivity contribution < 1.29 is 24.2 Å². The molecule has 0 aromatic heterocycles. The molecule has 0 aliphatic carbocycles. The molecule has 10 heteroatoms.